The average molecular weight is 391 g/mol. The van der Waals surface area contributed by atoms with Gasteiger partial charge in [0.15, 0.2) is 11.8 Å². The van der Waals surface area contributed by atoms with Crippen LogP contribution in [0.15, 0.2) is 18.3 Å². The van der Waals surface area contributed by atoms with Crippen LogP contribution in [0.2, 0.25) is 5.02 Å². The Morgan fingerprint density at radius 2 is 1.63 bits per heavy atom. The Balaban J connectivity index is 1.29. The zero-order valence-electron chi connectivity index (χ0n) is 15.6. The quantitative estimate of drug-likeness (QED) is 0.821. The first-order valence-corrected chi connectivity index (χ1v) is 10.2. The van der Waals surface area contributed by atoms with Crippen LogP contribution >= 0.6 is 11.6 Å². The number of fused-ring (bicyclic) bond motifs is 1. The van der Waals surface area contributed by atoms with Crippen molar-refractivity contribution in [2.24, 2.45) is 0 Å². The summed E-state index contributed by atoms with van der Waals surface area (Å²) >= 11 is 6.25. The third-order valence-electron chi connectivity index (χ3n) is 5.79. The van der Waals surface area contributed by atoms with Gasteiger partial charge in [0, 0.05) is 50.0 Å². The first kappa shape index (κ1) is 18.4. The molecule has 0 aromatic carbocycles. The fraction of sp³-hybridized carbons (Fsp3) is 0.550. The number of aromatic hydroxyl groups is 2. The van der Waals surface area contributed by atoms with Gasteiger partial charge in [-0.25, -0.2) is 4.98 Å². The van der Waals surface area contributed by atoms with Gasteiger partial charge in [0.05, 0.1) is 5.02 Å². The SMILES string of the molecule is Oc1c2c(c(O)n1CCCN1CCN(c3ncccc3Cl)CC1)CCCC2. The van der Waals surface area contributed by atoms with Crippen LogP contribution in [0.4, 0.5) is 5.82 Å². The lowest BCUT2D eigenvalue weighted by molar-refractivity contribution is 0.246. The highest BCUT2D eigenvalue weighted by Crippen LogP contribution is 2.38. The van der Waals surface area contributed by atoms with Gasteiger partial charge in [-0.05, 0) is 50.8 Å². The second-order valence-electron chi connectivity index (χ2n) is 7.45. The van der Waals surface area contributed by atoms with Gasteiger partial charge in [-0.2, -0.15) is 0 Å². The fourth-order valence-corrected chi connectivity index (χ4v) is 4.52. The second-order valence-corrected chi connectivity index (χ2v) is 7.86. The zero-order valence-corrected chi connectivity index (χ0v) is 16.3. The first-order chi connectivity index (χ1) is 13.1. The molecule has 0 bridgehead atoms. The highest BCUT2D eigenvalue weighted by molar-refractivity contribution is 6.32. The standard InChI is InChI=1S/C20H27ClN4O2/c21-17-7-3-8-22-18(17)24-13-11-23(12-14-24)9-4-10-25-19(26)15-5-1-2-6-16(15)20(25)27/h3,7-8,26-27H,1-2,4-6,9-14H2. The molecule has 3 heterocycles. The average Bonchev–Trinajstić information content (AvgIpc) is 2.94. The van der Waals surface area contributed by atoms with Gasteiger partial charge >= 0.3 is 0 Å². The Hall–Kier alpha value is -1.92. The Labute approximate surface area is 165 Å². The van der Waals surface area contributed by atoms with Crippen molar-refractivity contribution in [3.05, 3.63) is 34.5 Å². The topological polar surface area (TPSA) is 64.8 Å². The number of hydrogen-bond donors (Lipinski definition) is 2. The lowest BCUT2D eigenvalue weighted by Gasteiger charge is -2.35. The number of aromatic nitrogens is 2. The van der Waals surface area contributed by atoms with Crippen molar-refractivity contribution in [2.75, 3.05) is 37.6 Å². The zero-order chi connectivity index (χ0) is 18.8. The van der Waals surface area contributed by atoms with E-state index in [9.17, 15) is 10.2 Å². The molecule has 6 nitrogen and oxygen atoms in total. The number of nitrogens with zero attached hydrogens (tertiary/aromatic N) is 4. The summed E-state index contributed by atoms with van der Waals surface area (Å²) in [4.78, 5) is 9.05. The number of pyridine rings is 1. The molecule has 0 atom stereocenters. The van der Waals surface area contributed by atoms with Gasteiger partial charge in [0.25, 0.3) is 0 Å². The maximum atomic E-state index is 10.4. The van der Waals surface area contributed by atoms with E-state index in [2.05, 4.69) is 14.8 Å². The van der Waals surface area contributed by atoms with Crippen molar-refractivity contribution in [2.45, 2.75) is 38.6 Å². The molecule has 7 heteroatoms. The second kappa shape index (κ2) is 7.98. The van der Waals surface area contributed by atoms with Gasteiger partial charge < -0.3 is 15.1 Å². The van der Waals surface area contributed by atoms with Crippen LogP contribution in [-0.4, -0.2) is 57.4 Å². The molecule has 2 N–H and O–H groups in total. The highest BCUT2D eigenvalue weighted by atomic mass is 35.5. The van der Waals surface area contributed by atoms with Gasteiger partial charge in [-0.1, -0.05) is 11.6 Å². The predicted octanol–water partition coefficient (Wildman–Crippen LogP) is 3.04. The van der Waals surface area contributed by atoms with E-state index in [0.29, 0.717) is 11.6 Å². The normalized spacial score (nSPS) is 17.9. The van der Waals surface area contributed by atoms with E-state index < -0.39 is 0 Å². The van der Waals surface area contributed by atoms with Crippen molar-refractivity contribution in [3.63, 3.8) is 0 Å². The molecular weight excluding hydrogens is 364 g/mol. The van der Waals surface area contributed by atoms with E-state index >= 15 is 0 Å². The molecule has 1 saturated heterocycles. The summed E-state index contributed by atoms with van der Waals surface area (Å²) < 4.78 is 1.69. The summed E-state index contributed by atoms with van der Waals surface area (Å²) in [5.41, 5.74) is 1.92. The van der Waals surface area contributed by atoms with E-state index in [1.54, 1.807) is 10.8 Å². The molecular formula is C20H27ClN4O2. The lowest BCUT2D eigenvalue weighted by atomic mass is 9.95. The van der Waals surface area contributed by atoms with Gasteiger partial charge in [-0.3, -0.25) is 9.47 Å². The molecule has 2 aromatic heterocycles. The monoisotopic (exact) mass is 390 g/mol. The predicted molar refractivity (Wildman–Crippen MR) is 107 cm³/mol. The van der Waals surface area contributed by atoms with Crippen LogP contribution < -0.4 is 4.90 Å². The van der Waals surface area contributed by atoms with E-state index in [1.165, 1.54) is 0 Å². The number of hydrogen-bond acceptors (Lipinski definition) is 5. The maximum absolute atomic E-state index is 10.4. The highest BCUT2D eigenvalue weighted by Gasteiger charge is 2.24. The third-order valence-corrected chi connectivity index (χ3v) is 6.08. The summed E-state index contributed by atoms with van der Waals surface area (Å²) in [6, 6.07) is 3.73. The Morgan fingerprint density at radius 1 is 0.963 bits per heavy atom. The van der Waals surface area contributed by atoms with Crippen molar-refractivity contribution >= 4 is 17.4 Å². The Morgan fingerprint density at radius 3 is 2.26 bits per heavy atom. The Kier molecular flexibility index (Phi) is 5.45. The van der Waals surface area contributed by atoms with Crippen molar-refractivity contribution in [1.82, 2.24) is 14.5 Å². The van der Waals surface area contributed by atoms with Gasteiger partial charge in [-0.15, -0.1) is 0 Å². The molecule has 4 rings (SSSR count). The molecule has 1 aliphatic heterocycles. The number of halogens is 1. The van der Waals surface area contributed by atoms with Crippen LogP contribution in [0.5, 0.6) is 11.8 Å². The summed E-state index contributed by atoms with van der Waals surface area (Å²) in [6.07, 6.45) is 6.62. The summed E-state index contributed by atoms with van der Waals surface area (Å²) in [7, 11) is 0. The maximum Gasteiger partial charge on any atom is 0.197 e. The van der Waals surface area contributed by atoms with E-state index in [1.807, 2.05) is 12.1 Å². The summed E-state index contributed by atoms with van der Waals surface area (Å²) in [5.74, 6) is 1.42. The van der Waals surface area contributed by atoms with Gasteiger partial charge in [0.2, 0.25) is 0 Å². The van der Waals surface area contributed by atoms with E-state index in [-0.39, 0.29) is 11.8 Å². The molecule has 27 heavy (non-hydrogen) atoms. The molecule has 2 aliphatic rings. The number of piperazine rings is 1. The molecule has 0 spiro atoms. The molecule has 0 radical (unpaired) electrons. The van der Waals surface area contributed by atoms with Crippen LogP contribution in [-0.2, 0) is 19.4 Å². The lowest BCUT2D eigenvalue weighted by Crippen LogP contribution is -2.47. The summed E-state index contributed by atoms with van der Waals surface area (Å²) in [6.45, 7) is 5.35. The first-order valence-electron chi connectivity index (χ1n) is 9.85. The minimum atomic E-state index is 0.275. The smallest absolute Gasteiger partial charge is 0.197 e. The molecule has 1 fully saturated rings. The van der Waals surface area contributed by atoms with Crippen molar-refractivity contribution in [3.8, 4) is 11.8 Å². The molecule has 0 unspecified atom stereocenters. The fourth-order valence-electron chi connectivity index (χ4n) is 4.28. The van der Waals surface area contributed by atoms with Gasteiger partial charge in [0.1, 0.15) is 5.82 Å². The minimum Gasteiger partial charge on any atom is -0.494 e. The Bertz CT molecular complexity index is 770. The number of rotatable bonds is 5. The molecule has 0 amide bonds. The summed E-state index contributed by atoms with van der Waals surface area (Å²) in [5, 5.41) is 21.6. The van der Waals surface area contributed by atoms with Crippen molar-refractivity contribution < 1.29 is 10.2 Å². The molecule has 2 aromatic rings. The van der Waals surface area contributed by atoms with Crippen LogP contribution in [0, 0.1) is 0 Å². The van der Waals surface area contributed by atoms with Crippen molar-refractivity contribution in [1.29, 1.82) is 0 Å². The largest absolute Gasteiger partial charge is 0.494 e. The van der Waals surface area contributed by atoms with E-state index in [4.69, 9.17) is 11.6 Å². The third kappa shape index (κ3) is 3.73. The number of anilines is 1. The molecule has 0 saturated carbocycles. The van der Waals surface area contributed by atoms with Crippen LogP contribution in [0.25, 0.3) is 0 Å². The minimum absolute atomic E-state index is 0.275. The molecule has 146 valence electrons. The molecule has 1 aliphatic carbocycles. The van der Waals surface area contributed by atoms with E-state index in [0.717, 1.165) is 81.8 Å². The van der Waals surface area contributed by atoms with Crippen LogP contribution in [0.1, 0.15) is 30.4 Å². The van der Waals surface area contributed by atoms with Crippen LogP contribution in [0.3, 0.4) is 0 Å².